The highest BCUT2D eigenvalue weighted by atomic mass is 15.3. The molecule has 2 unspecified atom stereocenters. The first kappa shape index (κ1) is 19.8. The van der Waals surface area contributed by atoms with Crippen molar-refractivity contribution in [2.24, 2.45) is 0 Å². The zero-order chi connectivity index (χ0) is 21.5. The maximum Gasteiger partial charge on any atom is 0.227 e. The third-order valence-corrected chi connectivity index (χ3v) is 6.43. The van der Waals surface area contributed by atoms with Gasteiger partial charge in [0, 0.05) is 68.6 Å². The summed E-state index contributed by atoms with van der Waals surface area (Å²) in [6, 6.07) is 13.8. The number of nitrogens with one attached hydrogen (secondary N) is 1. The molecule has 0 spiro atoms. The maximum absolute atomic E-state index is 4.69. The Morgan fingerprint density at radius 3 is 2.55 bits per heavy atom. The highest BCUT2D eigenvalue weighted by molar-refractivity contribution is 5.66. The molecule has 4 heterocycles. The molecule has 2 aromatic heterocycles. The zero-order valence-electron chi connectivity index (χ0n) is 18.6. The van der Waals surface area contributed by atoms with Crippen LogP contribution in [0.25, 0.3) is 11.3 Å². The van der Waals surface area contributed by atoms with Gasteiger partial charge in [-0.15, -0.1) is 0 Å². The molecule has 0 amide bonds. The van der Waals surface area contributed by atoms with Crippen molar-refractivity contribution in [2.45, 2.75) is 25.4 Å². The minimum atomic E-state index is 0.586. The van der Waals surface area contributed by atoms with E-state index in [4.69, 9.17) is 4.98 Å². The summed E-state index contributed by atoms with van der Waals surface area (Å²) in [7, 11) is 6.20. The van der Waals surface area contributed by atoms with E-state index in [1.54, 1.807) is 6.20 Å². The van der Waals surface area contributed by atoms with Gasteiger partial charge in [0.2, 0.25) is 5.95 Å². The molecule has 2 saturated heterocycles. The average molecular weight is 416 g/mol. The summed E-state index contributed by atoms with van der Waals surface area (Å²) in [5.74, 6) is 1.51. The number of fused-ring (bicyclic) bond motifs is 2. The molecule has 2 fully saturated rings. The fourth-order valence-electron chi connectivity index (χ4n) is 4.73. The fraction of sp³-hybridized carbons (Fsp3) is 0.375. The molecule has 5 rings (SSSR count). The van der Waals surface area contributed by atoms with Crippen molar-refractivity contribution in [1.82, 2.24) is 19.9 Å². The van der Waals surface area contributed by atoms with Crippen LogP contribution in [0.4, 0.5) is 23.1 Å². The van der Waals surface area contributed by atoms with Gasteiger partial charge in [0.05, 0.1) is 5.69 Å². The molecule has 1 aromatic carbocycles. The minimum Gasteiger partial charge on any atom is -0.365 e. The third-order valence-electron chi connectivity index (χ3n) is 6.43. The van der Waals surface area contributed by atoms with Gasteiger partial charge in [-0.3, -0.25) is 4.90 Å². The largest absolute Gasteiger partial charge is 0.365 e. The van der Waals surface area contributed by atoms with E-state index in [1.807, 2.05) is 43.4 Å². The van der Waals surface area contributed by atoms with Crippen molar-refractivity contribution in [2.75, 3.05) is 49.3 Å². The number of aryl methyl sites for hydroxylation is 1. The van der Waals surface area contributed by atoms with E-state index in [2.05, 4.69) is 57.3 Å². The Labute approximate surface area is 183 Å². The molecule has 31 heavy (non-hydrogen) atoms. The summed E-state index contributed by atoms with van der Waals surface area (Å²) >= 11 is 0. The molecule has 0 saturated carbocycles. The van der Waals surface area contributed by atoms with E-state index in [-0.39, 0.29) is 0 Å². The van der Waals surface area contributed by atoms with Crippen molar-refractivity contribution in [3.63, 3.8) is 0 Å². The molecule has 2 aliphatic heterocycles. The molecule has 3 aromatic rings. The summed E-state index contributed by atoms with van der Waals surface area (Å²) in [4.78, 5) is 20.6. The summed E-state index contributed by atoms with van der Waals surface area (Å²) in [5.41, 5.74) is 5.44. The second kappa shape index (κ2) is 7.81. The summed E-state index contributed by atoms with van der Waals surface area (Å²) in [6.07, 6.45) is 4.91. The molecular formula is C24H29N7. The highest BCUT2D eigenvalue weighted by Crippen LogP contribution is 2.36. The van der Waals surface area contributed by atoms with Crippen LogP contribution in [0.15, 0.2) is 48.8 Å². The number of anilines is 4. The summed E-state index contributed by atoms with van der Waals surface area (Å²) in [6.45, 7) is 4.47. The Bertz CT molecular complexity index is 1080. The van der Waals surface area contributed by atoms with Crippen LogP contribution in [0.2, 0.25) is 0 Å². The molecule has 0 radical (unpaired) electrons. The number of piperazine rings is 1. The number of benzene rings is 1. The molecule has 1 N–H and O–H groups in total. The van der Waals surface area contributed by atoms with Crippen molar-refractivity contribution >= 4 is 23.1 Å². The van der Waals surface area contributed by atoms with E-state index in [0.29, 0.717) is 18.0 Å². The molecule has 2 bridgehead atoms. The van der Waals surface area contributed by atoms with Gasteiger partial charge in [0.25, 0.3) is 0 Å². The number of likely N-dealkylation sites (N-methyl/N-ethyl adjacent to an activating group) is 1. The number of hydrogen-bond acceptors (Lipinski definition) is 7. The topological polar surface area (TPSA) is 60.4 Å². The van der Waals surface area contributed by atoms with Gasteiger partial charge in [-0.05, 0) is 62.4 Å². The van der Waals surface area contributed by atoms with Gasteiger partial charge >= 0.3 is 0 Å². The predicted molar refractivity (Wildman–Crippen MR) is 126 cm³/mol. The lowest BCUT2D eigenvalue weighted by Crippen LogP contribution is -2.44. The molecule has 0 aliphatic carbocycles. The lowest BCUT2D eigenvalue weighted by Gasteiger charge is -2.34. The number of nitrogens with zero attached hydrogens (tertiary/aromatic N) is 6. The fourth-order valence-corrected chi connectivity index (χ4v) is 4.73. The van der Waals surface area contributed by atoms with Crippen LogP contribution >= 0.6 is 0 Å². The number of hydrogen-bond donors (Lipinski definition) is 1. The first-order valence-corrected chi connectivity index (χ1v) is 10.8. The molecule has 160 valence electrons. The van der Waals surface area contributed by atoms with Crippen LogP contribution in [-0.4, -0.2) is 66.2 Å². The Morgan fingerprint density at radius 2 is 1.90 bits per heavy atom. The quantitative estimate of drug-likeness (QED) is 0.684. The third kappa shape index (κ3) is 3.81. The number of rotatable bonds is 5. The van der Waals surface area contributed by atoms with E-state index < -0.39 is 0 Å². The van der Waals surface area contributed by atoms with E-state index in [0.717, 1.165) is 35.9 Å². The van der Waals surface area contributed by atoms with Crippen LogP contribution in [0, 0.1) is 6.92 Å². The standard InChI is InChI=1S/C24H29N7/c1-16-11-18(6-7-22(16)31-15-19-12-20(31)14-30(19)4)27-24-25-10-9-21(28-24)17-5-8-23(26-13-17)29(2)3/h5-11,13,19-20H,12,14-15H2,1-4H3,(H,25,27,28). The van der Waals surface area contributed by atoms with E-state index in [9.17, 15) is 0 Å². The maximum atomic E-state index is 4.69. The second-order valence-corrected chi connectivity index (χ2v) is 8.83. The molecular weight excluding hydrogens is 386 g/mol. The van der Waals surface area contributed by atoms with Gasteiger partial charge in [-0.25, -0.2) is 15.0 Å². The zero-order valence-corrected chi connectivity index (χ0v) is 18.6. The molecule has 2 aliphatic rings. The lowest BCUT2D eigenvalue weighted by atomic mass is 10.1. The molecule has 7 heteroatoms. The SMILES string of the molecule is Cc1cc(Nc2nccc(-c3ccc(N(C)C)nc3)n2)ccc1N1CC2CC1CN2C. The van der Waals surface area contributed by atoms with E-state index in [1.165, 1.54) is 17.7 Å². The van der Waals surface area contributed by atoms with Gasteiger partial charge in [-0.2, -0.15) is 0 Å². The van der Waals surface area contributed by atoms with Crippen molar-refractivity contribution in [3.05, 3.63) is 54.4 Å². The highest BCUT2D eigenvalue weighted by Gasteiger charge is 2.41. The Morgan fingerprint density at radius 1 is 1.03 bits per heavy atom. The first-order chi connectivity index (χ1) is 15.0. The second-order valence-electron chi connectivity index (χ2n) is 8.83. The Balaban J connectivity index is 1.32. The van der Waals surface area contributed by atoms with Crippen LogP contribution < -0.4 is 15.1 Å². The summed E-state index contributed by atoms with van der Waals surface area (Å²) < 4.78 is 0. The van der Waals surface area contributed by atoms with Gasteiger partial charge < -0.3 is 15.1 Å². The lowest BCUT2D eigenvalue weighted by molar-refractivity contribution is 0.292. The van der Waals surface area contributed by atoms with Crippen molar-refractivity contribution in [1.29, 1.82) is 0 Å². The van der Waals surface area contributed by atoms with Crippen LogP contribution in [0.1, 0.15) is 12.0 Å². The molecule has 2 atom stereocenters. The predicted octanol–water partition coefficient (Wildman–Crippen LogP) is 3.55. The molecule has 7 nitrogen and oxygen atoms in total. The number of aromatic nitrogens is 3. The normalized spacial score (nSPS) is 20.3. The minimum absolute atomic E-state index is 0.586. The van der Waals surface area contributed by atoms with Crippen LogP contribution in [-0.2, 0) is 0 Å². The Kier molecular flexibility index (Phi) is 4.98. The van der Waals surface area contributed by atoms with Crippen molar-refractivity contribution in [3.8, 4) is 11.3 Å². The summed E-state index contributed by atoms with van der Waals surface area (Å²) in [5, 5.41) is 3.37. The van der Waals surface area contributed by atoms with Gasteiger partial charge in [0.15, 0.2) is 0 Å². The van der Waals surface area contributed by atoms with Crippen LogP contribution in [0.3, 0.4) is 0 Å². The smallest absolute Gasteiger partial charge is 0.227 e. The van der Waals surface area contributed by atoms with Crippen LogP contribution in [0.5, 0.6) is 0 Å². The number of pyridine rings is 1. The monoisotopic (exact) mass is 415 g/mol. The average Bonchev–Trinajstić information content (AvgIpc) is 3.34. The van der Waals surface area contributed by atoms with Gasteiger partial charge in [-0.1, -0.05) is 0 Å². The Hall–Kier alpha value is -3.19. The number of likely N-dealkylation sites (tertiary alicyclic amines) is 1. The first-order valence-electron chi connectivity index (χ1n) is 10.8. The van der Waals surface area contributed by atoms with Gasteiger partial charge in [0.1, 0.15) is 5.82 Å². The van der Waals surface area contributed by atoms with Crippen molar-refractivity contribution < 1.29 is 0 Å². The van der Waals surface area contributed by atoms with E-state index >= 15 is 0 Å².